The van der Waals surface area contributed by atoms with Crippen LogP contribution in [0.4, 0.5) is 0 Å². The second-order valence-corrected chi connectivity index (χ2v) is 5.05. The van der Waals surface area contributed by atoms with Gasteiger partial charge in [-0.25, -0.2) is 0 Å². The quantitative estimate of drug-likeness (QED) is 0.707. The van der Waals surface area contributed by atoms with Crippen LogP contribution in [0, 0.1) is 6.92 Å². The second-order valence-electron chi connectivity index (χ2n) is 5.05. The largest absolute Gasteiger partial charge is 0.352 e. The Balaban J connectivity index is 2.31. The van der Waals surface area contributed by atoms with Crippen LogP contribution < -0.4 is 16.0 Å². The number of carbonyl (C=O) groups excluding carboxylic acids is 3. The number of hydrogen-bond donors (Lipinski definition) is 3. The zero-order chi connectivity index (χ0) is 15.8. The van der Waals surface area contributed by atoms with Crippen LogP contribution in [0.5, 0.6) is 0 Å². The summed E-state index contributed by atoms with van der Waals surface area (Å²) >= 11 is 0. The predicted octanol–water partition coefficient (Wildman–Crippen LogP) is 0.366. The Kier molecular flexibility index (Phi) is 6.39. The van der Waals surface area contributed by atoms with Gasteiger partial charge in [-0.3, -0.25) is 14.4 Å². The van der Waals surface area contributed by atoms with E-state index in [1.165, 1.54) is 0 Å². The molecule has 0 fully saturated rings. The summed E-state index contributed by atoms with van der Waals surface area (Å²) in [7, 11) is 0. The molecular formula is C15H21N3O3. The van der Waals surface area contributed by atoms with E-state index in [-0.39, 0.29) is 30.9 Å². The van der Waals surface area contributed by atoms with Gasteiger partial charge in [0, 0.05) is 11.6 Å². The number of aryl methyl sites for hydroxylation is 1. The molecule has 3 amide bonds. The van der Waals surface area contributed by atoms with E-state index in [0.717, 1.165) is 5.56 Å². The van der Waals surface area contributed by atoms with Gasteiger partial charge in [0.1, 0.15) is 0 Å². The van der Waals surface area contributed by atoms with E-state index < -0.39 is 5.91 Å². The Morgan fingerprint density at radius 2 is 1.52 bits per heavy atom. The molecule has 0 aliphatic heterocycles. The van der Waals surface area contributed by atoms with Crippen LogP contribution in [-0.2, 0) is 9.59 Å². The van der Waals surface area contributed by atoms with Crippen molar-refractivity contribution in [3.8, 4) is 0 Å². The average Bonchev–Trinajstić information content (AvgIpc) is 2.42. The maximum atomic E-state index is 11.8. The van der Waals surface area contributed by atoms with Crippen molar-refractivity contribution in [2.75, 3.05) is 13.1 Å². The van der Waals surface area contributed by atoms with E-state index in [4.69, 9.17) is 0 Å². The van der Waals surface area contributed by atoms with Gasteiger partial charge in [0.25, 0.3) is 5.91 Å². The number of benzene rings is 1. The zero-order valence-corrected chi connectivity index (χ0v) is 12.5. The first-order chi connectivity index (χ1) is 9.88. The summed E-state index contributed by atoms with van der Waals surface area (Å²) in [5.41, 5.74) is 1.55. The number of carbonyl (C=O) groups is 3. The summed E-state index contributed by atoms with van der Waals surface area (Å²) in [6.07, 6.45) is 0. The highest BCUT2D eigenvalue weighted by molar-refractivity contribution is 5.96. The average molecular weight is 291 g/mol. The summed E-state index contributed by atoms with van der Waals surface area (Å²) in [5, 5.41) is 7.59. The van der Waals surface area contributed by atoms with Gasteiger partial charge in [0.05, 0.1) is 13.1 Å². The first kappa shape index (κ1) is 16.7. The lowest BCUT2D eigenvalue weighted by Gasteiger charge is -2.09. The number of amides is 3. The number of nitrogens with one attached hydrogen (secondary N) is 3. The van der Waals surface area contributed by atoms with Crippen molar-refractivity contribution in [3.63, 3.8) is 0 Å². The number of rotatable bonds is 6. The lowest BCUT2D eigenvalue weighted by Crippen LogP contribution is -2.43. The SMILES string of the molecule is Cc1ccc(C(=O)NCC(=O)NCC(=O)NC(C)C)cc1. The fraction of sp³-hybridized carbons (Fsp3) is 0.400. The standard InChI is InChI=1S/C15H21N3O3/c1-10(2)18-14(20)9-16-13(19)8-17-15(21)12-6-4-11(3)5-7-12/h4-7,10H,8-9H2,1-3H3,(H,16,19)(H,17,21)(H,18,20). The van der Waals surface area contributed by atoms with Crippen LogP contribution in [-0.4, -0.2) is 36.9 Å². The second kappa shape index (κ2) is 8.04. The molecule has 0 saturated heterocycles. The smallest absolute Gasteiger partial charge is 0.251 e. The molecule has 0 saturated carbocycles. The molecule has 0 spiro atoms. The Hall–Kier alpha value is -2.37. The third kappa shape index (κ3) is 6.56. The molecule has 0 bridgehead atoms. The third-order valence-corrected chi connectivity index (χ3v) is 2.62. The van der Waals surface area contributed by atoms with Gasteiger partial charge in [-0.1, -0.05) is 17.7 Å². The molecule has 1 rings (SSSR count). The summed E-state index contributed by atoms with van der Waals surface area (Å²) in [4.78, 5) is 34.6. The third-order valence-electron chi connectivity index (χ3n) is 2.62. The topological polar surface area (TPSA) is 87.3 Å². The van der Waals surface area contributed by atoms with Gasteiger partial charge >= 0.3 is 0 Å². The molecule has 0 radical (unpaired) electrons. The van der Waals surface area contributed by atoms with Crippen LogP contribution in [0.25, 0.3) is 0 Å². The van der Waals surface area contributed by atoms with Crippen LogP contribution in [0.2, 0.25) is 0 Å². The monoisotopic (exact) mass is 291 g/mol. The summed E-state index contributed by atoms with van der Waals surface area (Å²) in [6, 6.07) is 7.06. The Labute approximate surface area is 124 Å². The van der Waals surface area contributed by atoms with Crippen molar-refractivity contribution in [3.05, 3.63) is 35.4 Å². The van der Waals surface area contributed by atoms with Crippen molar-refractivity contribution < 1.29 is 14.4 Å². The van der Waals surface area contributed by atoms with Crippen molar-refractivity contribution in [2.24, 2.45) is 0 Å². The fourth-order valence-electron chi connectivity index (χ4n) is 1.58. The lowest BCUT2D eigenvalue weighted by atomic mass is 10.1. The molecule has 3 N–H and O–H groups in total. The predicted molar refractivity (Wildman–Crippen MR) is 79.8 cm³/mol. The molecule has 21 heavy (non-hydrogen) atoms. The Morgan fingerprint density at radius 3 is 2.10 bits per heavy atom. The van der Waals surface area contributed by atoms with Crippen LogP contribution >= 0.6 is 0 Å². The summed E-state index contributed by atoms with van der Waals surface area (Å²) in [5.74, 6) is -0.991. The van der Waals surface area contributed by atoms with Crippen molar-refractivity contribution in [1.29, 1.82) is 0 Å². The molecule has 0 aromatic heterocycles. The van der Waals surface area contributed by atoms with Gasteiger partial charge in [-0.15, -0.1) is 0 Å². The summed E-state index contributed by atoms with van der Waals surface area (Å²) < 4.78 is 0. The molecule has 0 unspecified atom stereocenters. The molecule has 6 heteroatoms. The zero-order valence-electron chi connectivity index (χ0n) is 12.5. The molecule has 1 aromatic carbocycles. The normalized spacial score (nSPS) is 10.1. The minimum Gasteiger partial charge on any atom is -0.352 e. The van der Waals surface area contributed by atoms with E-state index >= 15 is 0 Å². The van der Waals surface area contributed by atoms with E-state index in [1.807, 2.05) is 32.9 Å². The van der Waals surface area contributed by atoms with Crippen molar-refractivity contribution in [1.82, 2.24) is 16.0 Å². The van der Waals surface area contributed by atoms with Crippen molar-refractivity contribution >= 4 is 17.7 Å². The Bertz CT molecular complexity index is 509. The van der Waals surface area contributed by atoms with Gasteiger partial charge in [0.2, 0.25) is 11.8 Å². The molecule has 0 atom stereocenters. The van der Waals surface area contributed by atoms with Gasteiger partial charge in [-0.05, 0) is 32.9 Å². The minimum absolute atomic E-state index is 0.0237. The fourth-order valence-corrected chi connectivity index (χ4v) is 1.58. The molecule has 0 heterocycles. The minimum atomic E-state index is -0.408. The van der Waals surface area contributed by atoms with Gasteiger partial charge < -0.3 is 16.0 Å². The Morgan fingerprint density at radius 1 is 0.952 bits per heavy atom. The molecular weight excluding hydrogens is 270 g/mol. The molecule has 0 aliphatic carbocycles. The van der Waals surface area contributed by atoms with Crippen molar-refractivity contribution in [2.45, 2.75) is 26.8 Å². The van der Waals surface area contributed by atoms with Crippen LogP contribution in [0.3, 0.4) is 0 Å². The first-order valence-electron chi connectivity index (χ1n) is 6.79. The maximum absolute atomic E-state index is 11.8. The lowest BCUT2D eigenvalue weighted by molar-refractivity contribution is -0.125. The van der Waals surface area contributed by atoms with E-state index in [2.05, 4.69) is 16.0 Å². The molecule has 1 aromatic rings. The highest BCUT2D eigenvalue weighted by atomic mass is 16.2. The van der Waals surface area contributed by atoms with E-state index in [0.29, 0.717) is 5.56 Å². The summed E-state index contributed by atoms with van der Waals surface area (Å²) in [6.45, 7) is 5.33. The highest BCUT2D eigenvalue weighted by Gasteiger charge is 2.09. The molecule has 114 valence electrons. The van der Waals surface area contributed by atoms with E-state index in [9.17, 15) is 14.4 Å². The van der Waals surface area contributed by atoms with E-state index in [1.54, 1.807) is 12.1 Å². The van der Waals surface area contributed by atoms with Gasteiger partial charge in [-0.2, -0.15) is 0 Å². The first-order valence-corrected chi connectivity index (χ1v) is 6.79. The molecule has 6 nitrogen and oxygen atoms in total. The maximum Gasteiger partial charge on any atom is 0.251 e. The van der Waals surface area contributed by atoms with Gasteiger partial charge in [0.15, 0.2) is 0 Å². The van der Waals surface area contributed by atoms with Crippen LogP contribution in [0.15, 0.2) is 24.3 Å². The number of hydrogen-bond acceptors (Lipinski definition) is 3. The highest BCUT2D eigenvalue weighted by Crippen LogP contribution is 2.02. The van der Waals surface area contributed by atoms with Crippen LogP contribution in [0.1, 0.15) is 29.8 Å². The molecule has 0 aliphatic rings.